The van der Waals surface area contributed by atoms with Crippen LogP contribution >= 0.6 is 11.3 Å². The predicted octanol–water partition coefficient (Wildman–Crippen LogP) is 2.80. The average molecular weight is 275 g/mol. The Kier molecular flexibility index (Phi) is 2.93. The van der Waals surface area contributed by atoms with E-state index in [1.165, 1.54) is 24.2 Å². The molecule has 1 saturated carbocycles. The molecule has 0 radical (unpaired) electrons. The van der Waals surface area contributed by atoms with Crippen molar-refractivity contribution in [3.05, 3.63) is 23.3 Å². The van der Waals surface area contributed by atoms with Gasteiger partial charge in [0.1, 0.15) is 4.88 Å². The molecule has 1 aliphatic carbocycles. The van der Waals surface area contributed by atoms with Crippen LogP contribution in [0.3, 0.4) is 0 Å². The summed E-state index contributed by atoms with van der Waals surface area (Å²) in [7, 11) is 0. The van der Waals surface area contributed by atoms with E-state index in [9.17, 15) is 4.79 Å². The summed E-state index contributed by atoms with van der Waals surface area (Å²) in [5.74, 6) is -0.0570. The SMILES string of the molecule is CCC1(CNC(=O)c2sc3cnccc3c2N)CC1. The maximum absolute atomic E-state index is 12.2. The molecule has 5 heteroatoms. The fraction of sp³-hybridized carbons (Fsp3) is 0.429. The van der Waals surface area contributed by atoms with Gasteiger partial charge in [0, 0.05) is 24.3 Å². The third-order valence-corrected chi connectivity index (χ3v) is 5.22. The van der Waals surface area contributed by atoms with Crippen molar-refractivity contribution in [1.29, 1.82) is 0 Å². The maximum Gasteiger partial charge on any atom is 0.263 e. The number of hydrogen-bond donors (Lipinski definition) is 2. The van der Waals surface area contributed by atoms with Crippen molar-refractivity contribution in [2.75, 3.05) is 12.3 Å². The van der Waals surface area contributed by atoms with Crippen LogP contribution in [-0.4, -0.2) is 17.4 Å². The van der Waals surface area contributed by atoms with Gasteiger partial charge in [-0.3, -0.25) is 9.78 Å². The van der Waals surface area contributed by atoms with Crippen LogP contribution in [0, 0.1) is 5.41 Å². The minimum Gasteiger partial charge on any atom is -0.397 e. The van der Waals surface area contributed by atoms with E-state index in [0.29, 0.717) is 16.0 Å². The van der Waals surface area contributed by atoms with Crippen LogP contribution in [0.2, 0.25) is 0 Å². The Morgan fingerprint density at radius 1 is 1.58 bits per heavy atom. The monoisotopic (exact) mass is 275 g/mol. The molecule has 2 heterocycles. The normalized spacial score (nSPS) is 16.5. The summed E-state index contributed by atoms with van der Waals surface area (Å²) in [5.41, 5.74) is 6.97. The van der Waals surface area contributed by atoms with Crippen molar-refractivity contribution in [2.45, 2.75) is 26.2 Å². The van der Waals surface area contributed by atoms with Crippen molar-refractivity contribution < 1.29 is 4.79 Å². The lowest BCUT2D eigenvalue weighted by Gasteiger charge is -2.12. The fourth-order valence-electron chi connectivity index (χ4n) is 2.32. The lowest BCUT2D eigenvalue weighted by Crippen LogP contribution is -2.29. The number of aromatic nitrogens is 1. The van der Waals surface area contributed by atoms with E-state index in [1.54, 1.807) is 12.4 Å². The fourth-order valence-corrected chi connectivity index (χ4v) is 3.33. The van der Waals surface area contributed by atoms with Crippen molar-refractivity contribution in [3.8, 4) is 0 Å². The number of rotatable bonds is 4. The molecule has 4 nitrogen and oxygen atoms in total. The number of anilines is 1. The van der Waals surface area contributed by atoms with E-state index < -0.39 is 0 Å². The van der Waals surface area contributed by atoms with Crippen molar-refractivity contribution in [1.82, 2.24) is 10.3 Å². The van der Waals surface area contributed by atoms with E-state index in [-0.39, 0.29) is 5.91 Å². The predicted molar refractivity (Wildman–Crippen MR) is 78.3 cm³/mol. The first-order chi connectivity index (χ1) is 9.15. The van der Waals surface area contributed by atoms with Crippen LogP contribution in [0.5, 0.6) is 0 Å². The molecule has 0 atom stereocenters. The highest BCUT2D eigenvalue weighted by molar-refractivity contribution is 7.21. The van der Waals surface area contributed by atoms with Crippen LogP contribution in [0.15, 0.2) is 18.5 Å². The highest BCUT2D eigenvalue weighted by Gasteiger charge is 2.40. The zero-order valence-electron chi connectivity index (χ0n) is 10.9. The Morgan fingerprint density at radius 3 is 3.00 bits per heavy atom. The quantitative estimate of drug-likeness (QED) is 0.901. The second-order valence-electron chi connectivity index (χ2n) is 5.25. The minimum atomic E-state index is -0.0570. The first kappa shape index (κ1) is 12.4. The molecule has 2 aromatic rings. The van der Waals surface area contributed by atoms with Gasteiger partial charge in [0.2, 0.25) is 0 Å². The summed E-state index contributed by atoms with van der Waals surface area (Å²) in [6.45, 7) is 2.94. The number of pyridine rings is 1. The molecule has 0 aliphatic heterocycles. The second kappa shape index (κ2) is 4.49. The van der Waals surface area contributed by atoms with Crippen LogP contribution in [0.25, 0.3) is 10.1 Å². The van der Waals surface area contributed by atoms with Gasteiger partial charge < -0.3 is 11.1 Å². The Morgan fingerprint density at radius 2 is 2.37 bits per heavy atom. The zero-order chi connectivity index (χ0) is 13.5. The number of nitrogens with one attached hydrogen (secondary N) is 1. The topological polar surface area (TPSA) is 68.0 Å². The summed E-state index contributed by atoms with van der Waals surface area (Å²) in [4.78, 5) is 16.9. The Hall–Kier alpha value is -1.62. The molecule has 100 valence electrons. The lowest BCUT2D eigenvalue weighted by molar-refractivity contribution is 0.0949. The maximum atomic E-state index is 12.2. The molecule has 1 aliphatic rings. The number of nitrogens with zero attached hydrogens (tertiary/aromatic N) is 1. The number of thiophene rings is 1. The van der Waals surface area contributed by atoms with Gasteiger partial charge in [-0.05, 0) is 30.7 Å². The molecule has 0 spiro atoms. The van der Waals surface area contributed by atoms with Crippen LogP contribution in [0.1, 0.15) is 35.9 Å². The van der Waals surface area contributed by atoms with Gasteiger partial charge in [-0.25, -0.2) is 0 Å². The first-order valence-electron chi connectivity index (χ1n) is 6.55. The van der Waals surface area contributed by atoms with Gasteiger partial charge in [-0.2, -0.15) is 0 Å². The summed E-state index contributed by atoms with van der Waals surface area (Å²) in [6.07, 6.45) is 7.01. The lowest BCUT2D eigenvalue weighted by atomic mass is 10.0. The Bertz CT molecular complexity index is 631. The molecule has 3 rings (SSSR count). The third kappa shape index (κ3) is 2.18. The van der Waals surface area contributed by atoms with Crippen molar-refractivity contribution in [2.24, 2.45) is 5.41 Å². The summed E-state index contributed by atoms with van der Waals surface area (Å²) in [5, 5.41) is 3.94. The van der Waals surface area contributed by atoms with E-state index in [0.717, 1.165) is 23.1 Å². The van der Waals surface area contributed by atoms with Gasteiger partial charge in [-0.1, -0.05) is 6.92 Å². The third-order valence-electron chi connectivity index (χ3n) is 4.07. The molecule has 0 bridgehead atoms. The highest BCUT2D eigenvalue weighted by atomic mass is 32.1. The number of nitrogens with two attached hydrogens (primary N) is 1. The number of carbonyl (C=O) groups is 1. The molecule has 0 saturated heterocycles. The molecule has 19 heavy (non-hydrogen) atoms. The largest absolute Gasteiger partial charge is 0.397 e. The van der Waals surface area contributed by atoms with Crippen LogP contribution < -0.4 is 11.1 Å². The smallest absolute Gasteiger partial charge is 0.263 e. The van der Waals surface area contributed by atoms with E-state index >= 15 is 0 Å². The van der Waals surface area contributed by atoms with Gasteiger partial charge in [-0.15, -0.1) is 11.3 Å². The minimum absolute atomic E-state index is 0.0570. The van der Waals surface area contributed by atoms with Gasteiger partial charge in [0.25, 0.3) is 5.91 Å². The number of fused-ring (bicyclic) bond motifs is 1. The van der Waals surface area contributed by atoms with Gasteiger partial charge >= 0.3 is 0 Å². The van der Waals surface area contributed by atoms with Crippen molar-refractivity contribution >= 4 is 33.0 Å². The summed E-state index contributed by atoms with van der Waals surface area (Å²) >= 11 is 1.41. The van der Waals surface area contributed by atoms with E-state index in [1.807, 2.05) is 6.07 Å². The summed E-state index contributed by atoms with van der Waals surface area (Å²) in [6, 6.07) is 1.85. The molecule has 0 aromatic carbocycles. The summed E-state index contributed by atoms with van der Waals surface area (Å²) < 4.78 is 0.960. The molecular formula is C14H17N3OS. The molecule has 3 N–H and O–H groups in total. The highest BCUT2D eigenvalue weighted by Crippen LogP contribution is 2.48. The number of nitrogen functional groups attached to an aromatic ring is 1. The molecule has 2 aromatic heterocycles. The van der Waals surface area contributed by atoms with Gasteiger partial charge in [0.15, 0.2) is 0 Å². The zero-order valence-corrected chi connectivity index (χ0v) is 11.7. The standard InChI is InChI=1S/C14H17N3OS/c1-2-14(4-5-14)8-17-13(18)12-11(15)9-3-6-16-7-10(9)19-12/h3,6-7H,2,4-5,8,15H2,1H3,(H,17,18). The molecular weight excluding hydrogens is 258 g/mol. The number of amides is 1. The van der Waals surface area contributed by atoms with E-state index in [4.69, 9.17) is 5.73 Å². The van der Waals surface area contributed by atoms with Gasteiger partial charge in [0.05, 0.1) is 10.4 Å². The first-order valence-corrected chi connectivity index (χ1v) is 7.37. The van der Waals surface area contributed by atoms with Crippen LogP contribution in [0.4, 0.5) is 5.69 Å². The molecule has 1 amide bonds. The van der Waals surface area contributed by atoms with Crippen molar-refractivity contribution in [3.63, 3.8) is 0 Å². The second-order valence-corrected chi connectivity index (χ2v) is 6.31. The van der Waals surface area contributed by atoms with E-state index in [2.05, 4.69) is 17.2 Å². The molecule has 1 fully saturated rings. The van der Waals surface area contributed by atoms with Crippen LogP contribution in [-0.2, 0) is 0 Å². The Balaban J connectivity index is 1.80. The average Bonchev–Trinajstić information content (AvgIpc) is 3.15. The molecule has 0 unspecified atom stereocenters. The number of hydrogen-bond acceptors (Lipinski definition) is 4. The Labute approximate surface area is 116 Å². The number of carbonyl (C=O) groups excluding carboxylic acids is 1.